The van der Waals surface area contributed by atoms with Crippen molar-refractivity contribution in [3.05, 3.63) is 53.6 Å². The highest BCUT2D eigenvalue weighted by Gasteiger charge is 2.41. The number of aliphatic imine (C=N–C) groups is 1. The Balaban J connectivity index is 1.37. The molecule has 0 unspecified atom stereocenters. The number of hydrogen-bond donors (Lipinski definition) is 2. The van der Waals surface area contributed by atoms with E-state index in [-0.39, 0.29) is 24.1 Å². The van der Waals surface area contributed by atoms with E-state index in [0.717, 1.165) is 22.5 Å². The highest BCUT2D eigenvalue weighted by Crippen LogP contribution is 2.33. The number of carbonyl (C=O) groups is 3. The average molecular weight is 452 g/mol. The van der Waals surface area contributed by atoms with Crippen LogP contribution < -0.4 is 15.5 Å². The van der Waals surface area contributed by atoms with Gasteiger partial charge in [-0.25, -0.2) is 4.99 Å². The molecule has 0 saturated carbocycles. The van der Waals surface area contributed by atoms with Gasteiger partial charge in [-0.05, 0) is 49.7 Å². The molecule has 2 aromatic rings. The summed E-state index contributed by atoms with van der Waals surface area (Å²) in [4.78, 5) is 44.9. The second-order valence-electron chi connectivity index (χ2n) is 7.93. The van der Waals surface area contributed by atoms with Gasteiger partial charge in [0.1, 0.15) is 18.6 Å². The van der Waals surface area contributed by atoms with Crippen molar-refractivity contribution < 1.29 is 14.4 Å². The van der Waals surface area contributed by atoms with Gasteiger partial charge in [0, 0.05) is 30.4 Å². The molecule has 32 heavy (non-hydrogen) atoms. The number of amides is 3. The summed E-state index contributed by atoms with van der Waals surface area (Å²) in [5.41, 5.74) is 4.50. The first-order chi connectivity index (χ1) is 15.3. The van der Waals surface area contributed by atoms with Crippen LogP contribution in [0.15, 0.2) is 47.5 Å². The van der Waals surface area contributed by atoms with Gasteiger partial charge in [-0.2, -0.15) is 0 Å². The first-order valence-corrected chi connectivity index (χ1v) is 11.2. The molecule has 8 nitrogen and oxygen atoms in total. The molecule has 2 aliphatic heterocycles. The van der Waals surface area contributed by atoms with Crippen molar-refractivity contribution in [3.63, 3.8) is 0 Å². The molecule has 0 bridgehead atoms. The summed E-state index contributed by atoms with van der Waals surface area (Å²) >= 11 is 1.35. The van der Waals surface area contributed by atoms with Crippen molar-refractivity contribution in [1.82, 2.24) is 4.90 Å². The van der Waals surface area contributed by atoms with E-state index in [1.807, 2.05) is 61.2 Å². The molecule has 2 aliphatic rings. The number of hydrogen-bond acceptors (Lipinski definition) is 6. The topological polar surface area (TPSA) is 94.1 Å². The van der Waals surface area contributed by atoms with Crippen molar-refractivity contribution in [1.29, 1.82) is 0 Å². The fraction of sp³-hybridized carbons (Fsp3) is 0.304. The van der Waals surface area contributed by atoms with E-state index in [4.69, 9.17) is 0 Å². The largest absolute Gasteiger partial charge is 0.334 e. The quantitative estimate of drug-likeness (QED) is 0.727. The maximum atomic E-state index is 13.0. The molecular weight excluding hydrogens is 426 g/mol. The van der Waals surface area contributed by atoms with Gasteiger partial charge >= 0.3 is 0 Å². The van der Waals surface area contributed by atoms with Gasteiger partial charge < -0.3 is 15.5 Å². The zero-order chi connectivity index (χ0) is 22.8. The fourth-order valence-electron chi connectivity index (χ4n) is 3.70. The lowest BCUT2D eigenvalue weighted by Gasteiger charge is -2.32. The Hall–Kier alpha value is -3.33. The van der Waals surface area contributed by atoms with Gasteiger partial charge in [0.05, 0.1) is 0 Å². The van der Waals surface area contributed by atoms with E-state index in [2.05, 4.69) is 15.6 Å². The standard InChI is InChI=1S/C23H25N5O3S/c1-14-4-9-19(15(2)10-14)26-21(30)11-20-22(31)28-13-27(12-24-23(28)32-20)18-7-5-17(6-8-18)25-16(3)29/h4-10,20H,11-13H2,1-3H3,(H,25,29)(H,26,30)/t20-/m0/s1. The molecule has 2 N–H and O–H groups in total. The predicted octanol–water partition coefficient (Wildman–Crippen LogP) is 3.33. The van der Waals surface area contributed by atoms with Gasteiger partial charge in [-0.15, -0.1) is 0 Å². The minimum absolute atomic E-state index is 0.0950. The summed E-state index contributed by atoms with van der Waals surface area (Å²) in [6.45, 7) is 6.21. The number of benzene rings is 2. The highest BCUT2D eigenvalue weighted by atomic mass is 32.2. The lowest BCUT2D eigenvalue weighted by Crippen LogP contribution is -2.46. The van der Waals surface area contributed by atoms with E-state index < -0.39 is 5.25 Å². The predicted molar refractivity (Wildman–Crippen MR) is 128 cm³/mol. The van der Waals surface area contributed by atoms with Crippen LogP contribution in [0.3, 0.4) is 0 Å². The van der Waals surface area contributed by atoms with Crippen molar-refractivity contribution in [3.8, 4) is 0 Å². The van der Waals surface area contributed by atoms with E-state index in [1.54, 1.807) is 4.90 Å². The van der Waals surface area contributed by atoms with Gasteiger partial charge in [-0.1, -0.05) is 29.5 Å². The minimum atomic E-state index is -0.485. The summed E-state index contributed by atoms with van der Waals surface area (Å²) < 4.78 is 0. The van der Waals surface area contributed by atoms with Crippen LogP contribution >= 0.6 is 11.8 Å². The van der Waals surface area contributed by atoms with Crippen molar-refractivity contribution >= 4 is 51.7 Å². The van der Waals surface area contributed by atoms with Crippen molar-refractivity contribution in [2.45, 2.75) is 32.4 Å². The first kappa shape index (κ1) is 21.9. The van der Waals surface area contributed by atoms with Crippen LogP contribution in [0.5, 0.6) is 0 Å². The molecular formula is C23H25N5O3S. The summed E-state index contributed by atoms with van der Waals surface area (Å²) in [5.74, 6) is -0.421. The lowest BCUT2D eigenvalue weighted by molar-refractivity contribution is -0.128. The third kappa shape index (κ3) is 4.77. The van der Waals surface area contributed by atoms with Gasteiger partial charge in [0.2, 0.25) is 17.7 Å². The van der Waals surface area contributed by atoms with E-state index in [1.165, 1.54) is 18.7 Å². The molecule has 4 rings (SSSR count). The molecule has 2 heterocycles. The van der Waals surface area contributed by atoms with Gasteiger partial charge in [-0.3, -0.25) is 19.3 Å². The molecule has 9 heteroatoms. The monoisotopic (exact) mass is 451 g/mol. The number of nitrogens with one attached hydrogen (secondary N) is 2. The molecule has 0 aromatic heterocycles. The smallest absolute Gasteiger partial charge is 0.244 e. The van der Waals surface area contributed by atoms with Crippen molar-refractivity contribution in [2.24, 2.45) is 4.99 Å². The normalized spacial score (nSPS) is 17.7. The molecule has 1 saturated heterocycles. The van der Waals surface area contributed by atoms with Crippen LogP contribution in [0.1, 0.15) is 24.5 Å². The number of amidine groups is 1. The first-order valence-electron chi connectivity index (χ1n) is 10.3. The van der Waals surface area contributed by atoms with Crippen LogP contribution in [0.2, 0.25) is 0 Å². The van der Waals surface area contributed by atoms with E-state index >= 15 is 0 Å². The second-order valence-corrected chi connectivity index (χ2v) is 9.10. The summed E-state index contributed by atoms with van der Waals surface area (Å²) in [6.07, 6.45) is 0.0950. The molecule has 0 aliphatic carbocycles. The molecule has 3 amide bonds. The third-order valence-electron chi connectivity index (χ3n) is 5.29. The molecule has 1 atom stereocenters. The van der Waals surface area contributed by atoms with Crippen LogP contribution in [0.4, 0.5) is 17.1 Å². The van der Waals surface area contributed by atoms with Gasteiger partial charge in [0.25, 0.3) is 0 Å². The number of carbonyl (C=O) groups excluding carboxylic acids is 3. The van der Waals surface area contributed by atoms with Crippen LogP contribution in [0, 0.1) is 13.8 Å². The van der Waals surface area contributed by atoms with Crippen molar-refractivity contribution in [2.75, 3.05) is 28.9 Å². The minimum Gasteiger partial charge on any atom is -0.334 e. The fourth-order valence-corrected chi connectivity index (χ4v) is 4.82. The number of fused-ring (bicyclic) bond motifs is 1. The number of nitrogens with zero attached hydrogens (tertiary/aromatic N) is 3. The molecule has 166 valence electrons. The highest BCUT2D eigenvalue weighted by molar-refractivity contribution is 8.15. The maximum Gasteiger partial charge on any atom is 0.244 e. The summed E-state index contributed by atoms with van der Waals surface area (Å²) in [6, 6.07) is 13.2. The van der Waals surface area contributed by atoms with Crippen LogP contribution in [-0.4, -0.2) is 46.4 Å². The lowest BCUT2D eigenvalue weighted by atomic mass is 10.1. The molecule has 2 aromatic carbocycles. The Labute approximate surface area is 191 Å². The third-order valence-corrected chi connectivity index (χ3v) is 6.50. The molecule has 0 spiro atoms. The zero-order valence-corrected chi connectivity index (χ0v) is 19.0. The number of rotatable bonds is 5. The van der Waals surface area contributed by atoms with E-state index in [0.29, 0.717) is 24.2 Å². The Morgan fingerprint density at radius 2 is 1.88 bits per heavy atom. The Bertz CT molecular complexity index is 1100. The SMILES string of the molecule is CC(=O)Nc1ccc(N2CN=C3S[C@@H](CC(=O)Nc4ccc(C)cc4C)C(=O)N3C2)cc1. The van der Waals surface area contributed by atoms with Crippen LogP contribution in [-0.2, 0) is 14.4 Å². The summed E-state index contributed by atoms with van der Waals surface area (Å²) in [7, 11) is 0. The van der Waals surface area contributed by atoms with Crippen LogP contribution in [0.25, 0.3) is 0 Å². The average Bonchev–Trinajstić information content (AvgIpc) is 3.05. The Kier molecular flexibility index (Phi) is 6.18. The Morgan fingerprint density at radius 3 is 2.56 bits per heavy atom. The number of anilines is 3. The zero-order valence-electron chi connectivity index (χ0n) is 18.2. The number of aryl methyl sites for hydroxylation is 2. The van der Waals surface area contributed by atoms with Gasteiger partial charge in [0.15, 0.2) is 5.17 Å². The maximum absolute atomic E-state index is 13.0. The second kappa shape index (κ2) is 9.04. The van der Waals surface area contributed by atoms with E-state index in [9.17, 15) is 14.4 Å². The molecule has 1 fully saturated rings. The molecule has 0 radical (unpaired) electrons. The number of thioether (sulfide) groups is 1. The Morgan fingerprint density at radius 1 is 1.12 bits per heavy atom. The summed E-state index contributed by atoms with van der Waals surface area (Å²) in [5, 5.41) is 5.83.